The van der Waals surface area contributed by atoms with E-state index in [4.69, 9.17) is 4.42 Å². The van der Waals surface area contributed by atoms with Crippen LogP contribution in [0.5, 0.6) is 0 Å². The van der Waals surface area contributed by atoms with Gasteiger partial charge < -0.3 is 9.73 Å². The van der Waals surface area contributed by atoms with Gasteiger partial charge in [0.15, 0.2) is 11.5 Å². The summed E-state index contributed by atoms with van der Waals surface area (Å²) in [4.78, 5) is 0. The molecule has 0 saturated heterocycles. The van der Waals surface area contributed by atoms with Crippen molar-refractivity contribution >= 4 is 5.65 Å². The van der Waals surface area contributed by atoms with Crippen molar-refractivity contribution < 1.29 is 4.42 Å². The summed E-state index contributed by atoms with van der Waals surface area (Å²) >= 11 is 0. The van der Waals surface area contributed by atoms with Crippen molar-refractivity contribution in [3.05, 3.63) is 54.4 Å². The highest BCUT2D eigenvalue weighted by Gasteiger charge is 2.10. The lowest BCUT2D eigenvalue weighted by Crippen LogP contribution is -2.19. The maximum absolute atomic E-state index is 5.35. The summed E-state index contributed by atoms with van der Waals surface area (Å²) in [6, 6.07) is 9.85. The first-order valence-electron chi connectivity index (χ1n) is 5.90. The normalized spacial score (nSPS) is 12.9. The molecule has 0 fully saturated rings. The van der Waals surface area contributed by atoms with Gasteiger partial charge >= 0.3 is 0 Å². The minimum absolute atomic E-state index is 0.149. The lowest BCUT2D eigenvalue weighted by atomic mass is 10.2. The van der Waals surface area contributed by atoms with Crippen LogP contribution in [-0.4, -0.2) is 14.6 Å². The molecule has 1 atom stereocenters. The molecule has 0 bridgehead atoms. The van der Waals surface area contributed by atoms with E-state index in [9.17, 15) is 0 Å². The first-order chi connectivity index (χ1) is 8.84. The number of furan rings is 1. The van der Waals surface area contributed by atoms with Crippen LogP contribution in [0.2, 0.25) is 0 Å². The summed E-state index contributed by atoms with van der Waals surface area (Å²) in [6.07, 6.45) is 3.64. The summed E-state index contributed by atoms with van der Waals surface area (Å²) in [5.41, 5.74) is 0.861. The zero-order chi connectivity index (χ0) is 12.4. The third kappa shape index (κ3) is 2.00. The average Bonchev–Trinajstić information content (AvgIpc) is 3.06. The summed E-state index contributed by atoms with van der Waals surface area (Å²) in [5, 5.41) is 11.6. The molecule has 0 saturated carbocycles. The summed E-state index contributed by atoms with van der Waals surface area (Å²) in [5.74, 6) is 1.81. The van der Waals surface area contributed by atoms with Gasteiger partial charge in [0.25, 0.3) is 0 Å². The third-order valence-electron chi connectivity index (χ3n) is 2.92. The second-order valence-corrected chi connectivity index (χ2v) is 4.16. The molecular weight excluding hydrogens is 228 g/mol. The molecule has 3 rings (SSSR count). The van der Waals surface area contributed by atoms with Crippen molar-refractivity contribution in [1.82, 2.24) is 19.9 Å². The van der Waals surface area contributed by atoms with Gasteiger partial charge in [-0.3, -0.25) is 4.40 Å². The van der Waals surface area contributed by atoms with Gasteiger partial charge in [-0.05, 0) is 31.2 Å². The Bertz CT molecular complexity index is 629. The van der Waals surface area contributed by atoms with Gasteiger partial charge in [0.2, 0.25) is 0 Å². The van der Waals surface area contributed by atoms with E-state index in [1.807, 2.05) is 40.9 Å². The molecule has 0 radical (unpaired) electrons. The van der Waals surface area contributed by atoms with Gasteiger partial charge in [-0.15, -0.1) is 10.2 Å². The molecule has 18 heavy (non-hydrogen) atoms. The molecule has 1 N–H and O–H groups in total. The highest BCUT2D eigenvalue weighted by Crippen LogP contribution is 2.13. The molecule has 92 valence electrons. The van der Waals surface area contributed by atoms with E-state index < -0.39 is 0 Å². The molecule has 0 spiro atoms. The highest BCUT2D eigenvalue weighted by atomic mass is 16.3. The monoisotopic (exact) mass is 242 g/mol. The lowest BCUT2D eigenvalue weighted by Gasteiger charge is -2.09. The topological polar surface area (TPSA) is 55.4 Å². The molecule has 0 aromatic carbocycles. The highest BCUT2D eigenvalue weighted by molar-refractivity contribution is 5.36. The van der Waals surface area contributed by atoms with Crippen LogP contribution in [0.25, 0.3) is 5.65 Å². The fourth-order valence-corrected chi connectivity index (χ4v) is 1.89. The molecule has 5 heteroatoms. The standard InChI is InChI=1S/C13H14N4O/c1-10(11-5-4-8-18-11)14-9-13-16-15-12-6-2-3-7-17(12)13/h2-8,10,14H,9H2,1H3. The molecule has 0 aliphatic carbocycles. The number of nitrogens with zero attached hydrogens (tertiary/aromatic N) is 3. The van der Waals surface area contributed by atoms with Crippen molar-refractivity contribution in [2.75, 3.05) is 0 Å². The number of hydrogen-bond donors (Lipinski definition) is 1. The quantitative estimate of drug-likeness (QED) is 0.761. The molecule has 3 aromatic heterocycles. The summed E-state index contributed by atoms with van der Waals surface area (Å²) in [7, 11) is 0. The number of rotatable bonds is 4. The molecular formula is C13H14N4O. The zero-order valence-electron chi connectivity index (χ0n) is 10.1. The van der Waals surface area contributed by atoms with Crippen LogP contribution in [0.1, 0.15) is 24.6 Å². The maximum atomic E-state index is 5.35. The van der Waals surface area contributed by atoms with E-state index in [0.717, 1.165) is 17.2 Å². The van der Waals surface area contributed by atoms with Gasteiger partial charge in [-0.2, -0.15) is 0 Å². The molecule has 0 amide bonds. The molecule has 0 aliphatic heterocycles. The van der Waals surface area contributed by atoms with Crippen molar-refractivity contribution in [2.45, 2.75) is 19.5 Å². The molecule has 3 aromatic rings. The predicted octanol–water partition coefficient (Wildman–Crippen LogP) is 2.17. The Morgan fingerprint density at radius 2 is 2.22 bits per heavy atom. The first-order valence-corrected chi connectivity index (χ1v) is 5.90. The van der Waals surface area contributed by atoms with Crippen LogP contribution in [0.4, 0.5) is 0 Å². The second kappa shape index (κ2) is 4.62. The second-order valence-electron chi connectivity index (χ2n) is 4.16. The Hall–Kier alpha value is -2.14. The Kier molecular flexibility index (Phi) is 2.82. The van der Waals surface area contributed by atoms with Crippen LogP contribution >= 0.6 is 0 Å². The SMILES string of the molecule is CC(NCc1nnc2ccccn12)c1ccco1. The van der Waals surface area contributed by atoms with Crippen LogP contribution in [0.15, 0.2) is 47.2 Å². The van der Waals surface area contributed by atoms with E-state index in [-0.39, 0.29) is 6.04 Å². The molecule has 1 unspecified atom stereocenters. The fourth-order valence-electron chi connectivity index (χ4n) is 1.89. The van der Waals surface area contributed by atoms with Crippen LogP contribution in [0, 0.1) is 0 Å². The van der Waals surface area contributed by atoms with E-state index in [2.05, 4.69) is 22.4 Å². The minimum atomic E-state index is 0.149. The molecule has 3 heterocycles. The molecule has 5 nitrogen and oxygen atoms in total. The Labute approximate surface area is 104 Å². The van der Waals surface area contributed by atoms with Gasteiger partial charge in [0, 0.05) is 6.20 Å². The van der Waals surface area contributed by atoms with Gasteiger partial charge in [-0.1, -0.05) is 6.07 Å². The van der Waals surface area contributed by atoms with Gasteiger partial charge in [0.05, 0.1) is 18.8 Å². The Balaban J connectivity index is 1.73. The van der Waals surface area contributed by atoms with Crippen molar-refractivity contribution in [1.29, 1.82) is 0 Å². The van der Waals surface area contributed by atoms with E-state index in [1.54, 1.807) is 6.26 Å². The van der Waals surface area contributed by atoms with Crippen LogP contribution in [-0.2, 0) is 6.54 Å². The summed E-state index contributed by atoms with van der Waals surface area (Å²) < 4.78 is 7.32. The van der Waals surface area contributed by atoms with Crippen molar-refractivity contribution in [3.63, 3.8) is 0 Å². The van der Waals surface area contributed by atoms with E-state index >= 15 is 0 Å². The number of nitrogens with one attached hydrogen (secondary N) is 1. The van der Waals surface area contributed by atoms with Crippen molar-refractivity contribution in [2.24, 2.45) is 0 Å². The Morgan fingerprint density at radius 3 is 3.06 bits per heavy atom. The zero-order valence-corrected chi connectivity index (χ0v) is 10.1. The first kappa shape index (κ1) is 11.0. The van der Waals surface area contributed by atoms with Gasteiger partial charge in [-0.25, -0.2) is 0 Å². The maximum Gasteiger partial charge on any atom is 0.160 e. The fraction of sp³-hybridized carbons (Fsp3) is 0.231. The number of hydrogen-bond acceptors (Lipinski definition) is 4. The third-order valence-corrected chi connectivity index (χ3v) is 2.92. The van der Waals surface area contributed by atoms with E-state index in [0.29, 0.717) is 6.54 Å². The van der Waals surface area contributed by atoms with Gasteiger partial charge in [0.1, 0.15) is 5.76 Å². The van der Waals surface area contributed by atoms with Crippen LogP contribution in [0.3, 0.4) is 0 Å². The smallest absolute Gasteiger partial charge is 0.160 e. The number of aromatic nitrogens is 3. The average molecular weight is 242 g/mol. The Morgan fingerprint density at radius 1 is 1.28 bits per heavy atom. The molecule has 0 aliphatic rings. The predicted molar refractivity (Wildman–Crippen MR) is 66.9 cm³/mol. The summed E-state index contributed by atoms with van der Waals surface area (Å²) in [6.45, 7) is 2.70. The van der Waals surface area contributed by atoms with Crippen LogP contribution < -0.4 is 5.32 Å². The minimum Gasteiger partial charge on any atom is -0.468 e. The van der Waals surface area contributed by atoms with E-state index in [1.165, 1.54) is 0 Å². The van der Waals surface area contributed by atoms with Crippen molar-refractivity contribution in [3.8, 4) is 0 Å². The largest absolute Gasteiger partial charge is 0.468 e. The lowest BCUT2D eigenvalue weighted by molar-refractivity contribution is 0.426. The number of fused-ring (bicyclic) bond motifs is 1. The number of pyridine rings is 1.